The van der Waals surface area contributed by atoms with Crippen LogP contribution in [-0.4, -0.2) is 9.73 Å². The van der Waals surface area contributed by atoms with Crippen LogP contribution in [0.15, 0.2) is 36.4 Å². The van der Waals surface area contributed by atoms with Gasteiger partial charge in [0.15, 0.2) is 0 Å². The minimum Gasteiger partial charge on any atom is -0.134 e. The van der Waals surface area contributed by atoms with Gasteiger partial charge in [0.1, 0.15) is 0 Å². The standard InChI is InChI=1S/C16H12S5/c1-9(17)11-3-5-13(19-11)15-7-8-16(21-15)14-6-4-12(20-14)10(2)18/h3-8H,1-2H3. The molecule has 3 aromatic rings. The van der Waals surface area contributed by atoms with Crippen molar-refractivity contribution in [3.05, 3.63) is 46.2 Å². The molecule has 0 saturated carbocycles. The average Bonchev–Trinajstić information content (AvgIpc) is 3.18. The first-order chi connectivity index (χ1) is 10.0. The molecule has 0 spiro atoms. The van der Waals surface area contributed by atoms with E-state index in [9.17, 15) is 0 Å². The fourth-order valence-corrected chi connectivity index (χ4v) is 5.30. The molecule has 0 unspecified atom stereocenters. The third-order valence-electron chi connectivity index (χ3n) is 3.00. The van der Waals surface area contributed by atoms with Gasteiger partial charge in [-0.1, -0.05) is 24.4 Å². The number of thiophene rings is 3. The molecule has 0 nitrogen and oxygen atoms in total. The highest BCUT2D eigenvalue weighted by molar-refractivity contribution is 7.81. The van der Waals surface area contributed by atoms with Crippen LogP contribution in [0.2, 0.25) is 0 Å². The van der Waals surface area contributed by atoms with Crippen LogP contribution >= 0.6 is 58.4 Å². The Kier molecular flexibility index (Phi) is 4.47. The molecule has 0 fully saturated rings. The topological polar surface area (TPSA) is 0 Å². The molecule has 0 N–H and O–H groups in total. The summed E-state index contributed by atoms with van der Waals surface area (Å²) in [7, 11) is 0. The van der Waals surface area contributed by atoms with E-state index in [2.05, 4.69) is 36.4 Å². The zero-order valence-corrected chi connectivity index (χ0v) is 15.6. The smallest absolute Gasteiger partial charge is 0.0449 e. The molecule has 0 aliphatic heterocycles. The van der Waals surface area contributed by atoms with Crippen LogP contribution in [0.5, 0.6) is 0 Å². The van der Waals surface area contributed by atoms with Gasteiger partial charge in [-0.25, -0.2) is 0 Å². The molecule has 0 bridgehead atoms. The molecule has 3 aromatic heterocycles. The molecule has 0 atom stereocenters. The molecule has 0 saturated heterocycles. The van der Waals surface area contributed by atoms with Gasteiger partial charge < -0.3 is 0 Å². The molecule has 0 aliphatic rings. The predicted molar refractivity (Wildman–Crippen MR) is 106 cm³/mol. The predicted octanol–water partition coefficient (Wildman–Crippen LogP) is 6.68. The first kappa shape index (κ1) is 15.2. The van der Waals surface area contributed by atoms with Gasteiger partial charge in [-0.05, 0) is 50.2 Å². The third kappa shape index (κ3) is 3.22. The fraction of sp³-hybridized carbons (Fsp3) is 0.125. The Hall–Kier alpha value is -0.720. The van der Waals surface area contributed by atoms with Crippen molar-refractivity contribution in [3.8, 4) is 19.5 Å². The van der Waals surface area contributed by atoms with E-state index in [-0.39, 0.29) is 0 Å². The summed E-state index contributed by atoms with van der Waals surface area (Å²) >= 11 is 15.8. The SMILES string of the molecule is CC(=S)c1ccc(-c2ccc(-c3ccc(C(C)=S)s3)s2)s1. The maximum absolute atomic E-state index is 5.24. The summed E-state index contributed by atoms with van der Waals surface area (Å²) in [6, 6.07) is 12.9. The van der Waals surface area contributed by atoms with Gasteiger partial charge in [0.25, 0.3) is 0 Å². The Labute approximate surface area is 147 Å². The Morgan fingerprint density at radius 2 is 0.952 bits per heavy atom. The highest BCUT2D eigenvalue weighted by Gasteiger charge is 2.10. The van der Waals surface area contributed by atoms with E-state index < -0.39 is 0 Å². The van der Waals surface area contributed by atoms with E-state index in [1.807, 2.05) is 25.2 Å². The summed E-state index contributed by atoms with van der Waals surface area (Å²) in [5.74, 6) is 0. The van der Waals surface area contributed by atoms with E-state index in [1.165, 1.54) is 29.3 Å². The quantitative estimate of drug-likeness (QED) is 0.374. The Balaban J connectivity index is 1.91. The Morgan fingerprint density at radius 3 is 1.29 bits per heavy atom. The monoisotopic (exact) mass is 364 g/mol. The molecule has 0 radical (unpaired) electrons. The number of thiocarbonyl (C=S) groups is 2. The lowest BCUT2D eigenvalue weighted by Crippen LogP contribution is -1.80. The van der Waals surface area contributed by atoms with Crippen molar-refractivity contribution in [1.29, 1.82) is 0 Å². The van der Waals surface area contributed by atoms with Gasteiger partial charge in [0.05, 0.1) is 0 Å². The number of rotatable bonds is 4. The van der Waals surface area contributed by atoms with Crippen molar-refractivity contribution in [2.24, 2.45) is 0 Å². The summed E-state index contributed by atoms with van der Waals surface area (Å²) in [4.78, 5) is 9.46. The second-order valence-electron chi connectivity index (χ2n) is 4.60. The van der Waals surface area contributed by atoms with Gasteiger partial charge in [-0.3, -0.25) is 0 Å². The van der Waals surface area contributed by atoms with Crippen LogP contribution in [-0.2, 0) is 0 Å². The largest absolute Gasteiger partial charge is 0.134 e. The molecule has 0 aliphatic carbocycles. The fourth-order valence-electron chi connectivity index (χ4n) is 1.92. The molecule has 3 heterocycles. The molecule has 3 rings (SSSR count). The summed E-state index contributed by atoms with van der Waals surface area (Å²) in [5.41, 5.74) is 0. The number of hydrogen-bond acceptors (Lipinski definition) is 5. The van der Waals surface area contributed by atoms with Crippen LogP contribution < -0.4 is 0 Å². The summed E-state index contributed by atoms with van der Waals surface area (Å²) in [6.45, 7) is 3.96. The maximum atomic E-state index is 5.24. The van der Waals surface area contributed by atoms with Gasteiger partial charge >= 0.3 is 0 Å². The van der Waals surface area contributed by atoms with Crippen LogP contribution in [0.25, 0.3) is 19.5 Å². The molecule has 5 heteroatoms. The average molecular weight is 365 g/mol. The Bertz CT molecular complexity index is 748. The lowest BCUT2D eigenvalue weighted by molar-refractivity contribution is 1.87. The van der Waals surface area contributed by atoms with E-state index in [0.29, 0.717) is 0 Å². The second-order valence-corrected chi connectivity index (χ2v) is 9.08. The van der Waals surface area contributed by atoms with E-state index in [0.717, 1.165) is 9.73 Å². The first-order valence-corrected chi connectivity index (χ1v) is 9.63. The molecule has 0 amide bonds. The van der Waals surface area contributed by atoms with E-state index >= 15 is 0 Å². The van der Waals surface area contributed by atoms with Crippen LogP contribution in [0.3, 0.4) is 0 Å². The van der Waals surface area contributed by atoms with Crippen molar-refractivity contribution in [3.63, 3.8) is 0 Å². The highest BCUT2D eigenvalue weighted by Crippen LogP contribution is 2.40. The van der Waals surface area contributed by atoms with Crippen LogP contribution in [0.4, 0.5) is 0 Å². The van der Waals surface area contributed by atoms with E-state index in [4.69, 9.17) is 24.4 Å². The van der Waals surface area contributed by atoms with Crippen molar-refractivity contribution >= 4 is 68.2 Å². The lowest BCUT2D eigenvalue weighted by atomic mass is 10.3. The van der Waals surface area contributed by atoms with Crippen molar-refractivity contribution in [2.75, 3.05) is 0 Å². The lowest BCUT2D eigenvalue weighted by Gasteiger charge is -1.92. The maximum Gasteiger partial charge on any atom is 0.0449 e. The zero-order valence-electron chi connectivity index (χ0n) is 11.5. The molecular formula is C16H12S5. The van der Waals surface area contributed by atoms with Gasteiger partial charge in [-0.2, -0.15) is 0 Å². The first-order valence-electron chi connectivity index (χ1n) is 6.37. The van der Waals surface area contributed by atoms with Crippen molar-refractivity contribution in [1.82, 2.24) is 0 Å². The van der Waals surface area contributed by atoms with Gasteiger partial charge in [-0.15, -0.1) is 34.0 Å². The molecule has 0 aromatic carbocycles. The minimum atomic E-state index is 0.961. The third-order valence-corrected chi connectivity index (χ3v) is 7.58. The zero-order chi connectivity index (χ0) is 15.0. The van der Waals surface area contributed by atoms with Crippen LogP contribution in [0.1, 0.15) is 23.6 Å². The summed E-state index contributed by atoms with van der Waals surface area (Å²) in [6.07, 6.45) is 0. The highest BCUT2D eigenvalue weighted by atomic mass is 32.1. The molecular weight excluding hydrogens is 353 g/mol. The van der Waals surface area contributed by atoms with Crippen molar-refractivity contribution in [2.45, 2.75) is 13.8 Å². The molecule has 106 valence electrons. The van der Waals surface area contributed by atoms with Gasteiger partial charge in [0.2, 0.25) is 0 Å². The minimum absolute atomic E-state index is 0.961. The van der Waals surface area contributed by atoms with Crippen LogP contribution in [0, 0.1) is 0 Å². The second kappa shape index (κ2) is 6.18. The normalized spacial score (nSPS) is 10.8. The van der Waals surface area contributed by atoms with Gasteiger partial charge in [0, 0.05) is 39.0 Å². The number of hydrogen-bond donors (Lipinski definition) is 0. The summed E-state index contributed by atoms with van der Waals surface area (Å²) in [5, 5.41) is 0. The van der Waals surface area contributed by atoms with E-state index in [1.54, 1.807) is 22.7 Å². The van der Waals surface area contributed by atoms with Crippen molar-refractivity contribution < 1.29 is 0 Å². The molecule has 21 heavy (non-hydrogen) atoms. The Morgan fingerprint density at radius 1 is 0.619 bits per heavy atom. The summed E-state index contributed by atoms with van der Waals surface area (Å²) < 4.78 is 0.